The van der Waals surface area contributed by atoms with E-state index in [0.717, 1.165) is 0 Å². The number of amides is 1. The molecule has 1 unspecified atom stereocenters. The van der Waals surface area contributed by atoms with Gasteiger partial charge in [0.2, 0.25) is 5.91 Å². The van der Waals surface area contributed by atoms with Crippen LogP contribution in [0.5, 0.6) is 0 Å². The lowest BCUT2D eigenvalue weighted by Gasteiger charge is -2.21. The number of carbonyl (C=O) groups excluding carboxylic acids is 1. The maximum atomic E-state index is 11.7. The predicted molar refractivity (Wildman–Crippen MR) is 83.5 cm³/mol. The molecule has 1 aliphatic heterocycles. The van der Waals surface area contributed by atoms with Crippen LogP contribution in [0, 0.1) is 5.41 Å². The first-order chi connectivity index (χ1) is 10.2. The molecule has 0 aromatic heterocycles. The largest absolute Gasteiger partial charge is 0.367 e. The number of hydrogen-bond donors (Lipinski definition) is 3. The molecule has 1 amide bonds. The average Bonchev–Trinajstić information content (AvgIpc) is 2.68. The highest BCUT2D eigenvalue weighted by molar-refractivity contribution is 7.86. The van der Waals surface area contributed by atoms with E-state index in [-0.39, 0.29) is 12.3 Å². The minimum Gasteiger partial charge on any atom is -0.367 e. The molecule has 7 nitrogen and oxygen atoms in total. The Balaban J connectivity index is 1.99. The van der Waals surface area contributed by atoms with Crippen molar-refractivity contribution in [3.63, 3.8) is 0 Å². The quantitative estimate of drug-likeness (QED) is 0.676. The zero-order chi connectivity index (χ0) is 16.4. The first kappa shape index (κ1) is 16.7. The highest BCUT2D eigenvalue weighted by atomic mass is 32.2. The summed E-state index contributed by atoms with van der Waals surface area (Å²) in [4.78, 5) is 11.7. The number of nitrogens with zero attached hydrogens (tertiary/aromatic N) is 1. The minimum absolute atomic E-state index is 0.0908. The Morgan fingerprint density at radius 3 is 2.50 bits per heavy atom. The van der Waals surface area contributed by atoms with Gasteiger partial charge in [0.1, 0.15) is 0 Å². The molecule has 0 radical (unpaired) electrons. The summed E-state index contributed by atoms with van der Waals surface area (Å²) in [6.07, 6.45) is 0.143. The van der Waals surface area contributed by atoms with Gasteiger partial charge in [-0.05, 0) is 32.4 Å². The lowest BCUT2D eigenvalue weighted by atomic mass is 9.94. The van der Waals surface area contributed by atoms with Crippen molar-refractivity contribution in [1.29, 1.82) is 0 Å². The molecule has 1 atom stereocenters. The van der Waals surface area contributed by atoms with Crippen molar-refractivity contribution < 1.29 is 17.8 Å². The van der Waals surface area contributed by atoms with Gasteiger partial charge in [-0.15, -0.1) is 0 Å². The van der Waals surface area contributed by atoms with E-state index in [1.54, 1.807) is 29.3 Å². The minimum atomic E-state index is -4.25. The van der Waals surface area contributed by atoms with Gasteiger partial charge in [0, 0.05) is 18.8 Å². The van der Waals surface area contributed by atoms with Crippen LogP contribution in [0.3, 0.4) is 0 Å². The molecule has 0 aliphatic carbocycles. The predicted octanol–water partition coefficient (Wildman–Crippen LogP) is 1.08. The van der Waals surface area contributed by atoms with Crippen molar-refractivity contribution in [2.75, 3.05) is 18.4 Å². The number of benzene rings is 1. The monoisotopic (exact) mass is 327 g/mol. The molecule has 1 fully saturated rings. The molecule has 1 aliphatic rings. The van der Waals surface area contributed by atoms with E-state index in [1.807, 2.05) is 19.9 Å². The second-order valence-corrected chi connectivity index (χ2v) is 7.65. The van der Waals surface area contributed by atoms with Crippen LogP contribution in [-0.4, -0.2) is 42.4 Å². The van der Waals surface area contributed by atoms with E-state index in [9.17, 15) is 17.8 Å². The van der Waals surface area contributed by atoms with Crippen molar-refractivity contribution >= 4 is 21.7 Å². The summed E-state index contributed by atoms with van der Waals surface area (Å²) in [7, 11) is -4.25. The first-order valence-corrected chi connectivity index (χ1v) is 8.53. The van der Waals surface area contributed by atoms with E-state index in [4.69, 9.17) is 0 Å². The lowest BCUT2D eigenvalue weighted by molar-refractivity contribution is -0.126. The SMILES string of the molecule is CC1(C)CN(CCC(Nc2ccccc2)S(=O)(=O)O)NC1=O. The molecule has 0 spiro atoms. The van der Waals surface area contributed by atoms with Crippen LogP contribution in [0.25, 0.3) is 0 Å². The average molecular weight is 327 g/mol. The second kappa shape index (κ2) is 6.23. The molecular formula is C14H21N3O4S. The maximum absolute atomic E-state index is 11.7. The van der Waals surface area contributed by atoms with Crippen molar-refractivity contribution in [3.05, 3.63) is 30.3 Å². The van der Waals surface area contributed by atoms with Crippen molar-refractivity contribution in [1.82, 2.24) is 10.4 Å². The van der Waals surface area contributed by atoms with Crippen LogP contribution in [-0.2, 0) is 14.9 Å². The highest BCUT2D eigenvalue weighted by Gasteiger charge is 2.38. The number of hydrazine groups is 1. The van der Waals surface area contributed by atoms with Gasteiger partial charge >= 0.3 is 0 Å². The Morgan fingerprint density at radius 1 is 1.36 bits per heavy atom. The zero-order valence-electron chi connectivity index (χ0n) is 12.6. The Labute approximate surface area is 130 Å². The van der Waals surface area contributed by atoms with Gasteiger partial charge < -0.3 is 5.32 Å². The maximum Gasteiger partial charge on any atom is 0.286 e. The molecule has 3 N–H and O–H groups in total. The summed E-state index contributed by atoms with van der Waals surface area (Å²) in [5, 5.41) is 3.34. The lowest BCUT2D eigenvalue weighted by Crippen LogP contribution is -2.38. The standard InChI is InChI=1S/C14H21N3O4S/c1-14(2)10-17(16-13(14)18)9-8-12(22(19,20)21)15-11-6-4-3-5-7-11/h3-7,12,15H,8-10H2,1-2H3,(H,16,18)(H,19,20,21). The fourth-order valence-electron chi connectivity index (χ4n) is 2.31. The van der Waals surface area contributed by atoms with E-state index >= 15 is 0 Å². The smallest absolute Gasteiger partial charge is 0.286 e. The molecule has 22 heavy (non-hydrogen) atoms. The molecule has 8 heteroatoms. The molecule has 0 bridgehead atoms. The van der Waals surface area contributed by atoms with Crippen LogP contribution < -0.4 is 10.7 Å². The Kier molecular flexibility index (Phi) is 4.74. The topological polar surface area (TPSA) is 98.7 Å². The van der Waals surface area contributed by atoms with Crippen LogP contribution in [0.1, 0.15) is 20.3 Å². The van der Waals surface area contributed by atoms with Gasteiger partial charge in [0.25, 0.3) is 10.1 Å². The number of nitrogens with one attached hydrogen (secondary N) is 2. The van der Waals surface area contributed by atoms with Crippen LogP contribution in [0.2, 0.25) is 0 Å². The van der Waals surface area contributed by atoms with Crippen LogP contribution >= 0.6 is 0 Å². The third kappa shape index (κ3) is 4.19. The molecule has 1 aromatic carbocycles. The van der Waals surface area contributed by atoms with Crippen LogP contribution in [0.4, 0.5) is 5.69 Å². The molecular weight excluding hydrogens is 306 g/mol. The summed E-state index contributed by atoms with van der Waals surface area (Å²) in [5.41, 5.74) is 2.81. The highest BCUT2D eigenvalue weighted by Crippen LogP contribution is 2.23. The van der Waals surface area contributed by atoms with Gasteiger partial charge in [-0.25, -0.2) is 5.01 Å². The summed E-state index contributed by atoms with van der Waals surface area (Å²) < 4.78 is 32.4. The normalized spacial score (nSPS) is 19.7. The Morgan fingerprint density at radius 2 is 2.00 bits per heavy atom. The van der Waals surface area contributed by atoms with E-state index < -0.39 is 20.9 Å². The number of rotatable bonds is 6. The van der Waals surface area contributed by atoms with Gasteiger partial charge in [0.15, 0.2) is 5.37 Å². The molecule has 1 saturated heterocycles. The third-order valence-corrected chi connectivity index (χ3v) is 4.66. The van der Waals surface area contributed by atoms with Gasteiger partial charge in [-0.2, -0.15) is 8.42 Å². The number of carbonyl (C=O) groups is 1. The zero-order valence-corrected chi connectivity index (χ0v) is 13.4. The van der Waals surface area contributed by atoms with E-state index in [0.29, 0.717) is 18.8 Å². The summed E-state index contributed by atoms with van der Waals surface area (Å²) >= 11 is 0. The van der Waals surface area contributed by atoms with Crippen molar-refractivity contribution in [2.24, 2.45) is 5.41 Å². The summed E-state index contributed by atoms with van der Waals surface area (Å²) in [6.45, 7) is 4.46. The van der Waals surface area contributed by atoms with Gasteiger partial charge in [0.05, 0.1) is 5.41 Å². The van der Waals surface area contributed by atoms with Gasteiger partial charge in [-0.1, -0.05) is 18.2 Å². The summed E-state index contributed by atoms with van der Waals surface area (Å²) in [5.74, 6) is -0.0908. The molecule has 1 aromatic rings. The fraction of sp³-hybridized carbons (Fsp3) is 0.500. The number of anilines is 1. The first-order valence-electron chi connectivity index (χ1n) is 7.02. The molecule has 1 heterocycles. The molecule has 122 valence electrons. The number of hydrogen-bond acceptors (Lipinski definition) is 5. The van der Waals surface area contributed by atoms with E-state index in [1.165, 1.54) is 0 Å². The fourth-order valence-corrected chi connectivity index (χ4v) is 3.00. The third-order valence-electron chi connectivity index (χ3n) is 3.58. The number of para-hydroxylation sites is 1. The Hall–Kier alpha value is -1.64. The Bertz CT molecular complexity index is 631. The second-order valence-electron chi connectivity index (χ2n) is 6.05. The molecule has 0 saturated carbocycles. The van der Waals surface area contributed by atoms with Crippen LogP contribution in [0.15, 0.2) is 30.3 Å². The molecule has 2 rings (SSSR count). The van der Waals surface area contributed by atoms with Crippen molar-refractivity contribution in [3.8, 4) is 0 Å². The van der Waals surface area contributed by atoms with E-state index in [2.05, 4.69) is 10.7 Å². The van der Waals surface area contributed by atoms with Crippen molar-refractivity contribution in [2.45, 2.75) is 25.6 Å². The summed E-state index contributed by atoms with van der Waals surface area (Å²) in [6, 6.07) is 8.80. The van der Waals surface area contributed by atoms with Gasteiger partial charge in [-0.3, -0.25) is 14.8 Å².